The summed E-state index contributed by atoms with van der Waals surface area (Å²) in [5, 5.41) is 6.62. The van der Waals surface area contributed by atoms with Crippen molar-refractivity contribution in [3.63, 3.8) is 0 Å². The van der Waals surface area contributed by atoms with E-state index in [-0.39, 0.29) is 12.1 Å². The number of nitrogens with zero attached hydrogens (tertiary/aromatic N) is 1. The molecule has 0 aromatic heterocycles. The van der Waals surface area contributed by atoms with Crippen LogP contribution in [-0.4, -0.2) is 48.2 Å². The molecule has 156 valence electrons. The maximum atomic E-state index is 12.7. The molecule has 12 heteroatoms. The minimum atomic E-state index is -4.87. The second kappa shape index (κ2) is 8.20. The Bertz CT molecular complexity index is 840. The standard InChI is InChI=1S/C17H17F3N4O5/c1-3-8-21-14(27)22-12(25)9-24-13(26)16(2,23-15(24)28)10-4-6-11(7-5-10)29-17(18,19)20/h3-7H,1,8-9H2,2H3,(H,23,28)(H2,21,22,25,27). The summed E-state index contributed by atoms with van der Waals surface area (Å²) in [7, 11) is 0. The van der Waals surface area contributed by atoms with E-state index in [1.54, 1.807) is 0 Å². The smallest absolute Gasteiger partial charge is 0.406 e. The number of ether oxygens (including phenoxy) is 1. The van der Waals surface area contributed by atoms with E-state index in [4.69, 9.17) is 0 Å². The van der Waals surface area contributed by atoms with Gasteiger partial charge < -0.3 is 15.4 Å². The Labute approximate surface area is 162 Å². The van der Waals surface area contributed by atoms with Gasteiger partial charge in [-0.1, -0.05) is 18.2 Å². The van der Waals surface area contributed by atoms with Crippen LogP contribution >= 0.6 is 0 Å². The van der Waals surface area contributed by atoms with E-state index in [0.29, 0.717) is 4.90 Å². The number of halogens is 3. The van der Waals surface area contributed by atoms with Crippen molar-refractivity contribution in [1.82, 2.24) is 20.9 Å². The first kappa shape index (κ1) is 21.7. The molecule has 2 rings (SSSR count). The van der Waals surface area contributed by atoms with Crippen LogP contribution in [0.5, 0.6) is 5.75 Å². The molecule has 9 nitrogen and oxygen atoms in total. The van der Waals surface area contributed by atoms with Crippen molar-refractivity contribution in [2.75, 3.05) is 13.1 Å². The minimum absolute atomic E-state index is 0.106. The highest BCUT2D eigenvalue weighted by Gasteiger charge is 2.49. The molecule has 3 N–H and O–H groups in total. The van der Waals surface area contributed by atoms with Crippen LogP contribution in [0.4, 0.5) is 22.8 Å². The second-order valence-electron chi connectivity index (χ2n) is 6.07. The number of amides is 6. The fourth-order valence-electron chi connectivity index (χ4n) is 2.54. The number of rotatable bonds is 6. The summed E-state index contributed by atoms with van der Waals surface area (Å²) in [6, 6.07) is 2.64. The van der Waals surface area contributed by atoms with Crippen molar-refractivity contribution in [3.05, 3.63) is 42.5 Å². The van der Waals surface area contributed by atoms with Gasteiger partial charge in [-0.3, -0.25) is 19.8 Å². The van der Waals surface area contributed by atoms with Crippen molar-refractivity contribution in [3.8, 4) is 5.75 Å². The SMILES string of the molecule is C=CCNC(=O)NC(=O)CN1C(=O)NC(C)(c2ccc(OC(F)(F)F)cc2)C1=O. The molecule has 1 atom stereocenters. The number of hydrogen-bond donors (Lipinski definition) is 3. The first-order valence-electron chi connectivity index (χ1n) is 8.15. The zero-order chi connectivity index (χ0) is 21.8. The summed E-state index contributed by atoms with van der Waals surface area (Å²) in [5.74, 6) is -2.22. The molecule has 1 aromatic carbocycles. The van der Waals surface area contributed by atoms with E-state index in [2.05, 4.69) is 21.9 Å². The Morgan fingerprint density at radius 2 is 1.90 bits per heavy atom. The third-order valence-electron chi connectivity index (χ3n) is 3.90. The van der Waals surface area contributed by atoms with Gasteiger partial charge in [0.15, 0.2) is 0 Å². The third-order valence-corrected chi connectivity index (χ3v) is 3.90. The number of nitrogens with one attached hydrogen (secondary N) is 3. The molecule has 6 amide bonds. The molecule has 0 bridgehead atoms. The molecule has 1 heterocycles. The lowest BCUT2D eigenvalue weighted by molar-refractivity contribution is -0.274. The summed E-state index contributed by atoms with van der Waals surface area (Å²) in [4.78, 5) is 48.8. The molecule has 0 spiro atoms. The predicted molar refractivity (Wildman–Crippen MR) is 92.5 cm³/mol. The van der Waals surface area contributed by atoms with Gasteiger partial charge in [-0.25, -0.2) is 9.59 Å². The van der Waals surface area contributed by atoms with E-state index >= 15 is 0 Å². The maximum Gasteiger partial charge on any atom is 0.573 e. The van der Waals surface area contributed by atoms with Crippen molar-refractivity contribution in [1.29, 1.82) is 0 Å². The number of carbonyl (C=O) groups is 4. The van der Waals surface area contributed by atoms with E-state index in [1.807, 2.05) is 5.32 Å². The fraction of sp³-hybridized carbons (Fsp3) is 0.294. The molecule has 1 unspecified atom stereocenters. The van der Waals surface area contributed by atoms with Crippen LogP contribution in [0.2, 0.25) is 0 Å². The van der Waals surface area contributed by atoms with Crippen LogP contribution in [0.25, 0.3) is 0 Å². The molecule has 1 saturated heterocycles. The third kappa shape index (κ3) is 5.24. The summed E-state index contributed by atoms with van der Waals surface area (Å²) in [5.41, 5.74) is -1.43. The number of carbonyl (C=O) groups excluding carboxylic acids is 4. The number of imide groups is 2. The Balaban J connectivity index is 2.09. The second-order valence-corrected chi connectivity index (χ2v) is 6.07. The first-order chi connectivity index (χ1) is 13.5. The van der Waals surface area contributed by atoms with Crippen molar-refractivity contribution < 1.29 is 37.1 Å². The maximum absolute atomic E-state index is 12.7. The molecule has 1 aliphatic heterocycles. The molecule has 1 fully saturated rings. The summed E-state index contributed by atoms with van der Waals surface area (Å²) < 4.78 is 40.5. The number of urea groups is 2. The molecule has 29 heavy (non-hydrogen) atoms. The van der Waals surface area contributed by atoms with Gasteiger partial charge in [-0.05, 0) is 24.6 Å². The highest BCUT2D eigenvalue weighted by atomic mass is 19.4. The van der Waals surface area contributed by atoms with Crippen LogP contribution in [-0.2, 0) is 15.1 Å². The van der Waals surface area contributed by atoms with Crippen molar-refractivity contribution in [2.45, 2.75) is 18.8 Å². The molecular weight excluding hydrogens is 397 g/mol. The molecule has 1 aromatic rings. The summed E-state index contributed by atoms with van der Waals surface area (Å²) in [6.07, 6.45) is -3.48. The highest BCUT2D eigenvalue weighted by molar-refractivity contribution is 6.10. The molecule has 1 aliphatic rings. The number of benzene rings is 1. The van der Waals surface area contributed by atoms with E-state index in [0.717, 1.165) is 12.1 Å². The zero-order valence-electron chi connectivity index (χ0n) is 15.1. The quantitative estimate of drug-likeness (QED) is 0.480. The predicted octanol–water partition coefficient (Wildman–Crippen LogP) is 1.36. The molecular formula is C17H17F3N4O5. The van der Waals surface area contributed by atoms with Gasteiger partial charge in [0.1, 0.15) is 17.8 Å². The van der Waals surface area contributed by atoms with Gasteiger partial charge in [-0.2, -0.15) is 0 Å². The monoisotopic (exact) mass is 414 g/mol. The van der Waals surface area contributed by atoms with Crippen molar-refractivity contribution in [2.24, 2.45) is 0 Å². The van der Waals surface area contributed by atoms with Gasteiger partial charge in [0.2, 0.25) is 5.91 Å². The first-order valence-corrected chi connectivity index (χ1v) is 8.15. The van der Waals surface area contributed by atoms with Gasteiger partial charge in [0.25, 0.3) is 5.91 Å². The van der Waals surface area contributed by atoms with Crippen LogP contribution < -0.4 is 20.7 Å². The van der Waals surface area contributed by atoms with E-state index < -0.39 is 48.1 Å². The topological polar surface area (TPSA) is 117 Å². The van der Waals surface area contributed by atoms with Gasteiger partial charge in [-0.15, -0.1) is 19.8 Å². The highest BCUT2D eigenvalue weighted by Crippen LogP contribution is 2.31. The van der Waals surface area contributed by atoms with E-state index in [9.17, 15) is 32.3 Å². The Kier molecular flexibility index (Phi) is 6.15. The zero-order valence-corrected chi connectivity index (χ0v) is 15.1. The van der Waals surface area contributed by atoms with Crippen LogP contribution in [0.3, 0.4) is 0 Å². The van der Waals surface area contributed by atoms with Crippen LogP contribution in [0.1, 0.15) is 12.5 Å². The van der Waals surface area contributed by atoms with Crippen LogP contribution in [0.15, 0.2) is 36.9 Å². The average Bonchev–Trinajstić information content (AvgIpc) is 2.83. The Morgan fingerprint density at radius 1 is 1.28 bits per heavy atom. The number of alkyl halides is 3. The normalized spacial score (nSPS) is 18.8. The summed E-state index contributed by atoms with van der Waals surface area (Å²) >= 11 is 0. The number of hydrogen-bond acceptors (Lipinski definition) is 5. The lowest BCUT2D eigenvalue weighted by atomic mass is 9.92. The van der Waals surface area contributed by atoms with Crippen LogP contribution in [0, 0.1) is 0 Å². The average molecular weight is 414 g/mol. The Morgan fingerprint density at radius 3 is 2.45 bits per heavy atom. The molecule has 0 saturated carbocycles. The lowest BCUT2D eigenvalue weighted by Gasteiger charge is -2.22. The largest absolute Gasteiger partial charge is 0.573 e. The fourth-order valence-corrected chi connectivity index (χ4v) is 2.54. The molecule has 0 aliphatic carbocycles. The van der Waals surface area contributed by atoms with Gasteiger partial charge >= 0.3 is 18.4 Å². The lowest BCUT2D eigenvalue weighted by Crippen LogP contribution is -2.46. The summed E-state index contributed by atoms with van der Waals surface area (Å²) in [6.45, 7) is 4.10. The van der Waals surface area contributed by atoms with E-state index in [1.165, 1.54) is 25.1 Å². The Hall–Kier alpha value is -3.57. The minimum Gasteiger partial charge on any atom is -0.406 e. The van der Waals surface area contributed by atoms with Gasteiger partial charge in [0.05, 0.1) is 0 Å². The van der Waals surface area contributed by atoms with Gasteiger partial charge in [0, 0.05) is 6.54 Å². The molecule has 0 radical (unpaired) electrons. The van der Waals surface area contributed by atoms with Crippen molar-refractivity contribution >= 4 is 23.9 Å².